The summed E-state index contributed by atoms with van der Waals surface area (Å²) in [5.41, 5.74) is 2.36. The van der Waals surface area contributed by atoms with E-state index in [1.54, 1.807) is 25.0 Å². The van der Waals surface area contributed by atoms with Crippen LogP contribution in [-0.4, -0.2) is 44.2 Å². The lowest BCUT2D eigenvalue weighted by Crippen LogP contribution is -2.47. The van der Waals surface area contributed by atoms with Crippen molar-refractivity contribution in [3.63, 3.8) is 0 Å². The van der Waals surface area contributed by atoms with Gasteiger partial charge in [-0.15, -0.1) is 5.10 Å². The Morgan fingerprint density at radius 1 is 1.20 bits per heavy atom. The van der Waals surface area contributed by atoms with E-state index in [-0.39, 0.29) is 17.3 Å². The first-order valence-electron chi connectivity index (χ1n) is 9.64. The summed E-state index contributed by atoms with van der Waals surface area (Å²) >= 11 is 0. The SMILES string of the molecule is CN1C(=O)[C@@H](NC(=O)c2ncn(Cc3ccccc3)n2)CCc2cc(=O)n(C)cc21. The lowest BCUT2D eigenvalue weighted by atomic mass is 10.1. The van der Waals surface area contributed by atoms with Crippen molar-refractivity contribution in [1.82, 2.24) is 24.6 Å². The van der Waals surface area contributed by atoms with Crippen LogP contribution in [-0.2, 0) is 24.8 Å². The first-order valence-corrected chi connectivity index (χ1v) is 9.64. The summed E-state index contributed by atoms with van der Waals surface area (Å²) in [6.07, 6.45) is 4.03. The number of amides is 2. The molecule has 1 aromatic carbocycles. The standard InChI is InChI=1S/C21H22N6O3/c1-25-12-17-15(10-18(25)28)8-9-16(21(30)26(17)2)23-20(29)19-22-13-27(24-19)11-14-6-4-3-5-7-14/h3-7,10,12-13,16H,8-9,11H2,1-2H3,(H,23,29)/t16-/m0/s1. The fourth-order valence-corrected chi connectivity index (χ4v) is 3.53. The number of benzene rings is 1. The van der Waals surface area contributed by atoms with Gasteiger partial charge in [0.25, 0.3) is 11.5 Å². The van der Waals surface area contributed by atoms with E-state index in [0.29, 0.717) is 25.1 Å². The Kier molecular flexibility index (Phi) is 5.18. The number of carbonyl (C=O) groups excluding carboxylic acids is 2. The zero-order valence-corrected chi connectivity index (χ0v) is 16.8. The molecule has 3 heterocycles. The minimum Gasteiger partial charge on any atom is -0.337 e. The van der Waals surface area contributed by atoms with Crippen LogP contribution < -0.4 is 15.8 Å². The van der Waals surface area contributed by atoms with Crippen LogP contribution in [0, 0.1) is 0 Å². The number of rotatable bonds is 4. The number of fused-ring (bicyclic) bond motifs is 1. The second-order valence-corrected chi connectivity index (χ2v) is 7.35. The van der Waals surface area contributed by atoms with Crippen molar-refractivity contribution in [1.29, 1.82) is 0 Å². The van der Waals surface area contributed by atoms with Gasteiger partial charge in [0.15, 0.2) is 0 Å². The van der Waals surface area contributed by atoms with Gasteiger partial charge in [-0.2, -0.15) is 0 Å². The van der Waals surface area contributed by atoms with Gasteiger partial charge in [0, 0.05) is 26.4 Å². The number of nitrogens with zero attached hydrogens (tertiary/aromatic N) is 5. The number of pyridine rings is 1. The van der Waals surface area contributed by atoms with Gasteiger partial charge in [0.1, 0.15) is 12.4 Å². The molecule has 0 unspecified atom stereocenters. The van der Waals surface area contributed by atoms with Gasteiger partial charge in [-0.1, -0.05) is 30.3 Å². The Labute approximate surface area is 173 Å². The van der Waals surface area contributed by atoms with Gasteiger partial charge in [0.05, 0.1) is 12.2 Å². The summed E-state index contributed by atoms with van der Waals surface area (Å²) in [7, 11) is 3.28. The van der Waals surface area contributed by atoms with Crippen LogP contribution in [0.2, 0.25) is 0 Å². The van der Waals surface area contributed by atoms with Crippen LogP contribution in [0.3, 0.4) is 0 Å². The van der Waals surface area contributed by atoms with Gasteiger partial charge in [0.2, 0.25) is 11.7 Å². The zero-order chi connectivity index (χ0) is 21.3. The average molecular weight is 406 g/mol. The molecule has 30 heavy (non-hydrogen) atoms. The van der Waals surface area contributed by atoms with E-state index in [1.165, 1.54) is 21.9 Å². The summed E-state index contributed by atoms with van der Waals surface area (Å²) in [4.78, 5) is 43.0. The molecule has 4 rings (SSSR count). The van der Waals surface area contributed by atoms with E-state index < -0.39 is 11.9 Å². The molecular formula is C21H22N6O3. The van der Waals surface area contributed by atoms with Gasteiger partial charge >= 0.3 is 0 Å². The average Bonchev–Trinajstić information content (AvgIpc) is 3.17. The number of carbonyl (C=O) groups is 2. The quantitative estimate of drug-likeness (QED) is 0.688. The number of likely N-dealkylation sites (N-methyl/N-ethyl adjacent to an activating group) is 1. The normalized spacial score (nSPS) is 16.1. The second-order valence-electron chi connectivity index (χ2n) is 7.35. The number of hydrogen-bond donors (Lipinski definition) is 1. The molecule has 2 amide bonds. The van der Waals surface area contributed by atoms with Crippen molar-refractivity contribution in [2.45, 2.75) is 25.4 Å². The van der Waals surface area contributed by atoms with E-state index in [2.05, 4.69) is 15.4 Å². The van der Waals surface area contributed by atoms with Gasteiger partial charge in [-0.05, 0) is 24.0 Å². The first kappa shape index (κ1) is 19.6. The first-order chi connectivity index (χ1) is 14.4. The van der Waals surface area contributed by atoms with Crippen molar-refractivity contribution in [3.05, 3.63) is 76.2 Å². The minimum atomic E-state index is -0.726. The van der Waals surface area contributed by atoms with Crippen molar-refractivity contribution < 1.29 is 9.59 Å². The van der Waals surface area contributed by atoms with Crippen LogP contribution in [0.4, 0.5) is 5.69 Å². The Hall–Kier alpha value is -3.75. The molecule has 9 heteroatoms. The zero-order valence-electron chi connectivity index (χ0n) is 16.8. The second kappa shape index (κ2) is 7.94. The van der Waals surface area contributed by atoms with Crippen LogP contribution in [0.1, 0.15) is 28.2 Å². The van der Waals surface area contributed by atoms with E-state index in [4.69, 9.17) is 0 Å². The molecule has 2 aromatic heterocycles. The van der Waals surface area contributed by atoms with Gasteiger partial charge < -0.3 is 14.8 Å². The third-order valence-electron chi connectivity index (χ3n) is 5.21. The molecule has 0 spiro atoms. The largest absolute Gasteiger partial charge is 0.337 e. The lowest BCUT2D eigenvalue weighted by molar-refractivity contribution is -0.120. The van der Waals surface area contributed by atoms with Crippen molar-refractivity contribution in [3.8, 4) is 0 Å². The Morgan fingerprint density at radius 2 is 1.97 bits per heavy atom. The van der Waals surface area contributed by atoms with Crippen LogP contribution in [0.25, 0.3) is 0 Å². The molecule has 1 atom stereocenters. The van der Waals surface area contributed by atoms with E-state index >= 15 is 0 Å². The number of aryl methyl sites for hydroxylation is 2. The fourth-order valence-electron chi connectivity index (χ4n) is 3.53. The smallest absolute Gasteiger partial charge is 0.291 e. The topological polar surface area (TPSA) is 102 Å². The number of aromatic nitrogens is 4. The third-order valence-corrected chi connectivity index (χ3v) is 5.21. The lowest BCUT2D eigenvalue weighted by Gasteiger charge is -2.22. The third kappa shape index (κ3) is 3.86. The molecule has 1 aliphatic heterocycles. The highest BCUT2D eigenvalue weighted by atomic mass is 16.2. The molecule has 0 saturated heterocycles. The summed E-state index contributed by atoms with van der Waals surface area (Å²) in [6, 6.07) is 10.5. The molecule has 1 aliphatic rings. The summed E-state index contributed by atoms with van der Waals surface area (Å²) in [5.74, 6) is -0.740. The molecule has 1 N–H and O–H groups in total. The Morgan fingerprint density at radius 3 is 2.73 bits per heavy atom. The summed E-state index contributed by atoms with van der Waals surface area (Å²) in [5, 5.41) is 6.97. The van der Waals surface area contributed by atoms with Crippen LogP contribution in [0.5, 0.6) is 0 Å². The monoisotopic (exact) mass is 406 g/mol. The molecular weight excluding hydrogens is 384 g/mol. The van der Waals surface area contributed by atoms with Crippen molar-refractivity contribution in [2.24, 2.45) is 7.05 Å². The van der Waals surface area contributed by atoms with Gasteiger partial charge in [-0.3, -0.25) is 14.4 Å². The molecule has 154 valence electrons. The van der Waals surface area contributed by atoms with Crippen molar-refractivity contribution >= 4 is 17.5 Å². The Balaban J connectivity index is 1.47. The molecule has 0 fully saturated rings. The summed E-state index contributed by atoms with van der Waals surface area (Å²) in [6.45, 7) is 0.496. The maximum atomic E-state index is 12.9. The molecule has 9 nitrogen and oxygen atoms in total. The Bertz CT molecular complexity index is 1150. The van der Waals surface area contributed by atoms with Gasteiger partial charge in [-0.25, -0.2) is 9.67 Å². The highest BCUT2D eigenvalue weighted by Gasteiger charge is 2.30. The molecule has 0 saturated carbocycles. The number of anilines is 1. The summed E-state index contributed by atoms with van der Waals surface area (Å²) < 4.78 is 3.02. The molecule has 0 radical (unpaired) electrons. The fraction of sp³-hybridized carbons (Fsp3) is 0.286. The van der Waals surface area contributed by atoms with E-state index in [9.17, 15) is 14.4 Å². The predicted octanol–water partition coefficient (Wildman–Crippen LogP) is 0.733. The molecule has 0 aliphatic carbocycles. The highest BCUT2D eigenvalue weighted by molar-refractivity contribution is 6.01. The molecule has 3 aromatic rings. The maximum Gasteiger partial charge on any atom is 0.291 e. The highest BCUT2D eigenvalue weighted by Crippen LogP contribution is 2.24. The number of hydrogen-bond acceptors (Lipinski definition) is 5. The molecule has 0 bridgehead atoms. The van der Waals surface area contributed by atoms with Crippen LogP contribution in [0.15, 0.2) is 53.7 Å². The number of nitrogens with one attached hydrogen (secondary N) is 1. The van der Waals surface area contributed by atoms with E-state index in [0.717, 1.165) is 11.1 Å². The maximum absolute atomic E-state index is 12.9. The van der Waals surface area contributed by atoms with Crippen molar-refractivity contribution in [2.75, 3.05) is 11.9 Å². The van der Waals surface area contributed by atoms with E-state index in [1.807, 2.05) is 30.3 Å². The van der Waals surface area contributed by atoms with Crippen LogP contribution >= 0.6 is 0 Å². The minimum absolute atomic E-state index is 0.0105. The predicted molar refractivity (Wildman–Crippen MR) is 110 cm³/mol.